The summed E-state index contributed by atoms with van der Waals surface area (Å²) in [5.74, 6) is 5.35. The van der Waals surface area contributed by atoms with Gasteiger partial charge in [0.25, 0.3) is 5.91 Å². The Kier molecular flexibility index (Phi) is 4.70. The summed E-state index contributed by atoms with van der Waals surface area (Å²) in [5, 5.41) is 8.96. The molecule has 1 amide bonds. The van der Waals surface area contributed by atoms with Crippen molar-refractivity contribution in [2.45, 2.75) is 31.7 Å². The van der Waals surface area contributed by atoms with Gasteiger partial charge < -0.3 is 15.4 Å². The van der Waals surface area contributed by atoms with Crippen molar-refractivity contribution in [3.63, 3.8) is 0 Å². The number of amides is 1. The number of anilines is 1. The summed E-state index contributed by atoms with van der Waals surface area (Å²) in [5.41, 5.74) is 3.58. The predicted octanol–water partition coefficient (Wildman–Crippen LogP) is 0.744. The van der Waals surface area contributed by atoms with Crippen LogP contribution in [0, 0.1) is 0 Å². The van der Waals surface area contributed by atoms with Crippen LogP contribution >= 0.6 is 0 Å². The van der Waals surface area contributed by atoms with E-state index in [9.17, 15) is 4.79 Å². The van der Waals surface area contributed by atoms with Gasteiger partial charge in [0.05, 0.1) is 11.3 Å². The predicted molar refractivity (Wildman–Crippen MR) is 72.4 cm³/mol. The van der Waals surface area contributed by atoms with Crippen molar-refractivity contribution in [2.24, 2.45) is 5.84 Å². The molecule has 0 unspecified atom stereocenters. The Hall–Kier alpha value is -1.66. The highest BCUT2D eigenvalue weighted by molar-refractivity contribution is 5.99. The van der Waals surface area contributed by atoms with Gasteiger partial charge in [-0.15, -0.1) is 0 Å². The Morgan fingerprint density at radius 1 is 1.58 bits per heavy atom. The van der Waals surface area contributed by atoms with E-state index in [1.54, 1.807) is 12.3 Å². The third-order valence-electron chi connectivity index (χ3n) is 3.54. The molecule has 1 aromatic rings. The monoisotopic (exact) mass is 264 g/mol. The maximum absolute atomic E-state index is 12.6. The highest BCUT2D eigenvalue weighted by Crippen LogP contribution is 2.27. The molecule has 6 nitrogen and oxygen atoms in total. The zero-order valence-corrected chi connectivity index (χ0v) is 10.9. The molecule has 1 fully saturated rings. The van der Waals surface area contributed by atoms with Gasteiger partial charge in [-0.05, 0) is 31.7 Å². The third-order valence-corrected chi connectivity index (χ3v) is 3.54. The quantitative estimate of drug-likeness (QED) is 0.521. The van der Waals surface area contributed by atoms with E-state index in [0.29, 0.717) is 24.2 Å². The molecule has 1 saturated carbocycles. The fourth-order valence-electron chi connectivity index (χ4n) is 2.23. The first-order chi connectivity index (χ1) is 9.27. The number of hydrogen-bond donors (Lipinski definition) is 3. The summed E-state index contributed by atoms with van der Waals surface area (Å²) in [6.07, 6.45) is 6.93. The van der Waals surface area contributed by atoms with Gasteiger partial charge in [0, 0.05) is 31.6 Å². The van der Waals surface area contributed by atoms with Crippen LogP contribution in [0.2, 0.25) is 0 Å². The first kappa shape index (κ1) is 13.8. The molecule has 1 aliphatic rings. The zero-order valence-electron chi connectivity index (χ0n) is 10.9. The SMILES string of the molecule is NNc1ccncc1C(=O)N(CCCO)C1CCC1. The molecule has 0 radical (unpaired) electrons. The molecular formula is C13H20N4O2. The first-order valence-corrected chi connectivity index (χ1v) is 6.60. The molecule has 1 heterocycles. The number of aliphatic hydroxyl groups excluding tert-OH is 1. The highest BCUT2D eigenvalue weighted by atomic mass is 16.3. The number of hydrazine groups is 1. The minimum atomic E-state index is -0.0702. The number of hydrogen-bond acceptors (Lipinski definition) is 5. The van der Waals surface area contributed by atoms with Crippen LogP contribution in [0.25, 0.3) is 0 Å². The molecule has 6 heteroatoms. The lowest BCUT2D eigenvalue weighted by molar-refractivity contribution is 0.0563. The molecule has 0 atom stereocenters. The Labute approximate surface area is 112 Å². The topological polar surface area (TPSA) is 91.5 Å². The van der Waals surface area contributed by atoms with Gasteiger partial charge in [-0.3, -0.25) is 15.6 Å². The smallest absolute Gasteiger partial charge is 0.257 e. The van der Waals surface area contributed by atoms with E-state index in [-0.39, 0.29) is 18.6 Å². The minimum Gasteiger partial charge on any atom is -0.396 e. The van der Waals surface area contributed by atoms with E-state index in [2.05, 4.69) is 10.4 Å². The molecule has 4 N–H and O–H groups in total. The summed E-state index contributed by atoms with van der Waals surface area (Å²) < 4.78 is 0. The van der Waals surface area contributed by atoms with Crippen molar-refractivity contribution in [3.05, 3.63) is 24.0 Å². The average molecular weight is 264 g/mol. The Bertz CT molecular complexity index is 434. The fraction of sp³-hybridized carbons (Fsp3) is 0.538. The number of pyridine rings is 1. The van der Waals surface area contributed by atoms with Crippen molar-refractivity contribution in [2.75, 3.05) is 18.6 Å². The van der Waals surface area contributed by atoms with Crippen LogP contribution < -0.4 is 11.3 Å². The van der Waals surface area contributed by atoms with E-state index in [0.717, 1.165) is 19.3 Å². The van der Waals surface area contributed by atoms with Gasteiger partial charge in [0.1, 0.15) is 0 Å². The van der Waals surface area contributed by atoms with Crippen LogP contribution in [0.4, 0.5) is 5.69 Å². The maximum atomic E-state index is 12.6. The van der Waals surface area contributed by atoms with Crippen LogP contribution in [0.5, 0.6) is 0 Å². The van der Waals surface area contributed by atoms with Gasteiger partial charge >= 0.3 is 0 Å². The Balaban J connectivity index is 2.17. The lowest BCUT2D eigenvalue weighted by atomic mass is 9.90. The van der Waals surface area contributed by atoms with E-state index >= 15 is 0 Å². The molecule has 0 aromatic carbocycles. The highest BCUT2D eigenvalue weighted by Gasteiger charge is 2.30. The van der Waals surface area contributed by atoms with Crippen LogP contribution in [-0.2, 0) is 0 Å². The number of aliphatic hydroxyl groups is 1. The number of nitrogens with two attached hydrogens (primary N) is 1. The number of nitrogens with zero attached hydrogens (tertiary/aromatic N) is 2. The standard InChI is InChI=1S/C13H20N4O2/c14-16-12-5-6-15-9-11(12)13(19)17(7-2-8-18)10-3-1-4-10/h5-6,9-10,18H,1-4,7-8,14H2,(H,15,16). The Morgan fingerprint density at radius 3 is 2.95 bits per heavy atom. The van der Waals surface area contributed by atoms with Gasteiger partial charge in [-0.25, -0.2) is 0 Å². The fourth-order valence-corrected chi connectivity index (χ4v) is 2.23. The van der Waals surface area contributed by atoms with Crippen LogP contribution in [0.1, 0.15) is 36.0 Å². The second-order valence-corrected chi connectivity index (χ2v) is 4.73. The molecular weight excluding hydrogens is 244 g/mol. The van der Waals surface area contributed by atoms with Gasteiger partial charge in [-0.2, -0.15) is 0 Å². The molecule has 0 bridgehead atoms. The van der Waals surface area contributed by atoms with Crippen molar-refractivity contribution in [3.8, 4) is 0 Å². The van der Waals surface area contributed by atoms with Crippen LogP contribution in [-0.4, -0.2) is 40.1 Å². The summed E-state index contributed by atoms with van der Waals surface area (Å²) >= 11 is 0. The number of rotatable bonds is 6. The van der Waals surface area contributed by atoms with E-state index in [4.69, 9.17) is 10.9 Å². The summed E-state index contributed by atoms with van der Waals surface area (Å²) in [7, 11) is 0. The van der Waals surface area contributed by atoms with Crippen molar-refractivity contribution in [1.82, 2.24) is 9.88 Å². The summed E-state index contributed by atoms with van der Waals surface area (Å²) in [6, 6.07) is 1.96. The van der Waals surface area contributed by atoms with E-state index in [1.807, 2.05) is 4.90 Å². The van der Waals surface area contributed by atoms with Crippen molar-refractivity contribution < 1.29 is 9.90 Å². The summed E-state index contributed by atoms with van der Waals surface area (Å²) in [4.78, 5) is 18.4. The molecule has 0 spiro atoms. The molecule has 104 valence electrons. The van der Waals surface area contributed by atoms with Gasteiger partial charge in [0.2, 0.25) is 0 Å². The second kappa shape index (κ2) is 6.49. The number of carbonyl (C=O) groups excluding carboxylic acids is 1. The zero-order chi connectivity index (χ0) is 13.7. The van der Waals surface area contributed by atoms with E-state index < -0.39 is 0 Å². The van der Waals surface area contributed by atoms with Crippen molar-refractivity contribution >= 4 is 11.6 Å². The maximum Gasteiger partial charge on any atom is 0.257 e. The Morgan fingerprint density at radius 2 is 2.37 bits per heavy atom. The molecule has 1 aromatic heterocycles. The number of nitrogen functional groups attached to an aromatic ring is 1. The first-order valence-electron chi connectivity index (χ1n) is 6.60. The van der Waals surface area contributed by atoms with Crippen LogP contribution in [0.3, 0.4) is 0 Å². The normalized spacial score (nSPS) is 14.8. The molecule has 0 aliphatic heterocycles. The van der Waals surface area contributed by atoms with Gasteiger partial charge in [-0.1, -0.05) is 0 Å². The molecule has 2 rings (SSSR count). The number of carbonyl (C=O) groups is 1. The average Bonchev–Trinajstić information content (AvgIpc) is 2.40. The lowest BCUT2D eigenvalue weighted by Crippen LogP contribution is -2.45. The van der Waals surface area contributed by atoms with Crippen molar-refractivity contribution in [1.29, 1.82) is 0 Å². The van der Waals surface area contributed by atoms with Gasteiger partial charge in [0.15, 0.2) is 0 Å². The van der Waals surface area contributed by atoms with E-state index in [1.165, 1.54) is 6.20 Å². The second-order valence-electron chi connectivity index (χ2n) is 4.73. The lowest BCUT2D eigenvalue weighted by Gasteiger charge is -2.37. The molecule has 1 aliphatic carbocycles. The third kappa shape index (κ3) is 3.02. The minimum absolute atomic E-state index is 0.0702. The summed E-state index contributed by atoms with van der Waals surface area (Å²) in [6.45, 7) is 0.657. The largest absolute Gasteiger partial charge is 0.396 e. The van der Waals surface area contributed by atoms with Crippen LogP contribution in [0.15, 0.2) is 18.5 Å². The number of aromatic nitrogens is 1. The number of nitrogens with one attached hydrogen (secondary N) is 1. The molecule has 0 saturated heterocycles. The molecule has 19 heavy (non-hydrogen) atoms.